The number of carbonyl (C=O) groups is 5. The fourth-order valence-electron chi connectivity index (χ4n) is 5.29. The molecule has 5 atom stereocenters. The van der Waals surface area contributed by atoms with Crippen LogP contribution in [0.2, 0.25) is 0 Å². The van der Waals surface area contributed by atoms with Gasteiger partial charge in [0, 0.05) is 6.54 Å². The van der Waals surface area contributed by atoms with Crippen molar-refractivity contribution >= 4 is 29.6 Å². The number of hydroxylamine groups is 1. The highest BCUT2D eigenvalue weighted by Gasteiger charge is 2.70. The van der Waals surface area contributed by atoms with E-state index in [0.29, 0.717) is 13.0 Å². The second kappa shape index (κ2) is 11.6. The smallest absolute Gasteiger partial charge is 0.408 e. The molecule has 1 saturated carbocycles. The van der Waals surface area contributed by atoms with Crippen LogP contribution >= 0.6 is 0 Å². The average molecular weight is 539 g/mol. The minimum absolute atomic E-state index is 0.103. The number of amides is 4. The van der Waals surface area contributed by atoms with Crippen molar-refractivity contribution < 1.29 is 33.5 Å². The maximum Gasteiger partial charge on any atom is 0.408 e. The predicted molar refractivity (Wildman–Crippen MR) is 140 cm³/mol. The van der Waals surface area contributed by atoms with Gasteiger partial charge < -0.3 is 20.3 Å². The van der Waals surface area contributed by atoms with Crippen molar-refractivity contribution in [3.05, 3.63) is 0 Å². The molecule has 216 valence electrons. The molecule has 0 spiro atoms. The number of hydrogen-bond acceptors (Lipinski definition) is 7. The minimum Gasteiger partial charge on any atom is -0.444 e. The molecule has 1 heterocycles. The van der Waals surface area contributed by atoms with Crippen molar-refractivity contribution in [2.45, 2.75) is 105 Å². The normalized spacial score (nSPS) is 23.5. The van der Waals surface area contributed by atoms with Gasteiger partial charge in [-0.3, -0.25) is 24.0 Å². The van der Waals surface area contributed by atoms with Gasteiger partial charge in [0.1, 0.15) is 17.7 Å². The molecule has 38 heavy (non-hydrogen) atoms. The fraction of sp³-hybridized carbons (Fsp3) is 0.815. The standard InChI is InChI=1S/C27H46N4O7/c1-11-12-13-16(19(32)22(34)30-37-10)28-21(33)18-17-15(27(17,8)9)14-31(18)23(35)20(25(2,3)4)29-24(36)38-26(5,6)7/h15-18,20H,11-14H2,1-10H3,(H,28,33)(H,29,36)(H,30,34)/t15?,16-,17?,18-,20?/m0/s1. The van der Waals surface area contributed by atoms with Crippen LogP contribution in [0.1, 0.15) is 81.6 Å². The SMILES string of the molecule is CCCC[C@H](NC(=O)[C@@H]1C2C(CN1C(=O)C(NC(=O)OC(C)(C)C)C(C)(C)C)C2(C)C)C(=O)C(=O)NOC. The van der Waals surface area contributed by atoms with E-state index in [1.807, 2.05) is 33.2 Å². The van der Waals surface area contributed by atoms with Gasteiger partial charge in [0.15, 0.2) is 0 Å². The Hall–Kier alpha value is -2.69. The topological polar surface area (TPSA) is 143 Å². The molecular weight excluding hydrogens is 492 g/mol. The maximum atomic E-state index is 13.9. The minimum atomic E-state index is -1.05. The molecule has 3 unspecified atom stereocenters. The predicted octanol–water partition coefficient (Wildman–Crippen LogP) is 2.33. The van der Waals surface area contributed by atoms with Gasteiger partial charge in [-0.05, 0) is 49.9 Å². The van der Waals surface area contributed by atoms with Crippen molar-refractivity contribution in [2.24, 2.45) is 22.7 Å². The number of alkyl carbamates (subject to hydrolysis) is 1. The molecule has 1 aliphatic carbocycles. The van der Waals surface area contributed by atoms with Crippen LogP contribution in [-0.2, 0) is 28.8 Å². The molecule has 2 rings (SSSR count). The summed E-state index contributed by atoms with van der Waals surface area (Å²) in [5.74, 6) is -2.64. The van der Waals surface area contributed by atoms with E-state index in [2.05, 4.69) is 29.3 Å². The fourth-order valence-corrected chi connectivity index (χ4v) is 5.29. The number of fused-ring (bicyclic) bond motifs is 1. The summed E-state index contributed by atoms with van der Waals surface area (Å²) in [6, 6.07) is -2.83. The zero-order chi connectivity index (χ0) is 29.2. The van der Waals surface area contributed by atoms with Gasteiger partial charge in [0.25, 0.3) is 0 Å². The van der Waals surface area contributed by atoms with Crippen LogP contribution < -0.4 is 16.1 Å². The van der Waals surface area contributed by atoms with E-state index in [4.69, 9.17) is 4.74 Å². The summed E-state index contributed by atoms with van der Waals surface area (Å²) in [5.41, 5.74) is 0.435. The number of carbonyl (C=O) groups excluding carboxylic acids is 5. The molecular formula is C27H46N4O7. The molecule has 3 N–H and O–H groups in total. The number of nitrogens with zero attached hydrogens (tertiary/aromatic N) is 1. The first-order valence-electron chi connectivity index (χ1n) is 13.3. The second-order valence-electron chi connectivity index (χ2n) is 13.0. The van der Waals surface area contributed by atoms with Crippen LogP contribution in [0.25, 0.3) is 0 Å². The number of hydrogen-bond donors (Lipinski definition) is 3. The molecule has 1 aliphatic heterocycles. The molecule has 11 nitrogen and oxygen atoms in total. The Balaban J connectivity index is 2.32. The highest BCUT2D eigenvalue weighted by molar-refractivity contribution is 6.38. The number of rotatable bonds is 10. The van der Waals surface area contributed by atoms with E-state index in [9.17, 15) is 24.0 Å². The Morgan fingerprint density at radius 3 is 2.13 bits per heavy atom. The van der Waals surface area contributed by atoms with Gasteiger partial charge in [-0.25, -0.2) is 10.3 Å². The number of nitrogens with one attached hydrogen (secondary N) is 3. The lowest BCUT2D eigenvalue weighted by molar-refractivity contribution is -0.147. The van der Waals surface area contributed by atoms with Crippen LogP contribution in [0.5, 0.6) is 0 Å². The van der Waals surface area contributed by atoms with E-state index < -0.39 is 52.8 Å². The van der Waals surface area contributed by atoms with Gasteiger partial charge in [-0.1, -0.05) is 54.4 Å². The van der Waals surface area contributed by atoms with Gasteiger partial charge in [-0.2, -0.15) is 0 Å². The molecule has 4 amide bonds. The van der Waals surface area contributed by atoms with Crippen molar-refractivity contribution in [3.63, 3.8) is 0 Å². The van der Waals surface area contributed by atoms with Crippen molar-refractivity contribution in [3.8, 4) is 0 Å². The number of likely N-dealkylation sites (tertiary alicyclic amines) is 1. The lowest BCUT2D eigenvalue weighted by atomic mass is 9.85. The van der Waals surface area contributed by atoms with E-state index in [0.717, 1.165) is 6.42 Å². The van der Waals surface area contributed by atoms with Crippen molar-refractivity contribution in [2.75, 3.05) is 13.7 Å². The van der Waals surface area contributed by atoms with Crippen molar-refractivity contribution in [1.29, 1.82) is 0 Å². The third-order valence-corrected chi connectivity index (χ3v) is 7.43. The zero-order valence-corrected chi connectivity index (χ0v) is 24.5. The summed E-state index contributed by atoms with van der Waals surface area (Å²) in [4.78, 5) is 71.2. The van der Waals surface area contributed by atoms with E-state index in [1.54, 1.807) is 20.8 Å². The Labute approximate surface area is 226 Å². The largest absolute Gasteiger partial charge is 0.444 e. The number of ketones is 1. The first-order chi connectivity index (χ1) is 17.4. The van der Waals surface area contributed by atoms with E-state index in [1.165, 1.54) is 12.0 Å². The van der Waals surface area contributed by atoms with Crippen LogP contribution in [0, 0.1) is 22.7 Å². The Morgan fingerprint density at radius 1 is 1.03 bits per heavy atom. The van der Waals surface area contributed by atoms with Gasteiger partial charge >= 0.3 is 12.0 Å². The van der Waals surface area contributed by atoms with Gasteiger partial charge in [0.2, 0.25) is 17.6 Å². The quantitative estimate of drug-likeness (QED) is 0.286. The molecule has 2 fully saturated rings. The number of unbranched alkanes of at least 4 members (excludes halogenated alkanes) is 1. The summed E-state index contributed by atoms with van der Waals surface area (Å²) in [6.07, 6.45) is 0.946. The average Bonchev–Trinajstić information content (AvgIpc) is 3.11. The second-order valence-corrected chi connectivity index (χ2v) is 13.0. The molecule has 11 heteroatoms. The molecule has 0 bridgehead atoms. The maximum absolute atomic E-state index is 13.9. The summed E-state index contributed by atoms with van der Waals surface area (Å²) >= 11 is 0. The summed E-state index contributed by atoms with van der Waals surface area (Å²) in [5, 5.41) is 5.46. The Bertz CT molecular complexity index is 935. The molecule has 2 aliphatic rings. The van der Waals surface area contributed by atoms with Crippen molar-refractivity contribution in [1.82, 2.24) is 21.0 Å². The molecule has 0 aromatic heterocycles. The lowest BCUT2D eigenvalue weighted by Gasteiger charge is -2.38. The highest BCUT2D eigenvalue weighted by atomic mass is 16.6. The van der Waals surface area contributed by atoms with Gasteiger partial charge in [-0.15, -0.1) is 0 Å². The number of Topliss-reactive ketones (excluding diaryl/α,β-unsaturated/α-hetero) is 1. The summed E-state index contributed by atoms with van der Waals surface area (Å²) in [6.45, 7) is 17.1. The van der Waals surface area contributed by atoms with E-state index in [-0.39, 0.29) is 29.6 Å². The lowest BCUT2D eigenvalue weighted by Crippen LogP contribution is -2.60. The molecule has 0 aromatic rings. The number of piperidine rings is 1. The molecule has 1 saturated heterocycles. The molecule has 0 aromatic carbocycles. The Morgan fingerprint density at radius 2 is 1.63 bits per heavy atom. The summed E-state index contributed by atoms with van der Waals surface area (Å²) < 4.78 is 5.39. The van der Waals surface area contributed by atoms with E-state index >= 15 is 0 Å². The zero-order valence-electron chi connectivity index (χ0n) is 24.5. The monoisotopic (exact) mass is 538 g/mol. The Kier molecular flexibility index (Phi) is 9.62. The summed E-state index contributed by atoms with van der Waals surface area (Å²) in [7, 11) is 1.22. The third kappa shape index (κ3) is 7.24. The van der Waals surface area contributed by atoms with Crippen LogP contribution in [-0.4, -0.2) is 71.9 Å². The highest BCUT2D eigenvalue weighted by Crippen LogP contribution is 2.65. The first kappa shape index (κ1) is 31.5. The third-order valence-electron chi connectivity index (χ3n) is 7.43. The van der Waals surface area contributed by atoms with Crippen LogP contribution in [0.3, 0.4) is 0 Å². The van der Waals surface area contributed by atoms with Crippen LogP contribution in [0.4, 0.5) is 4.79 Å². The van der Waals surface area contributed by atoms with Gasteiger partial charge in [0.05, 0.1) is 13.2 Å². The number of ether oxygens (including phenoxy) is 1. The first-order valence-corrected chi connectivity index (χ1v) is 13.3. The van der Waals surface area contributed by atoms with Crippen LogP contribution in [0.15, 0.2) is 0 Å². The molecule has 0 radical (unpaired) electrons.